The third kappa shape index (κ3) is 3.36. The number of likely N-dealkylation sites (tertiary alicyclic amines) is 1. The molecule has 1 atom stereocenters. The lowest BCUT2D eigenvalue weighted by Crippen LogP contribution is -2.44. The van der Waals surface area contributed by atoms with Crippen molar-refractivity contribution in [2.24, 2.45) is 0 Å². The summed E-state index contributed by atoms with van der Waals surface area (Å²) in [6, 6.07) is 9.82. The van der Waals surface area contributed by atoms with Crippen molar-refractivity contribution < 1.29 is 9.90 Å². The highest BCUT2D eigenvalue weighted by Crippen LogP contribution is 2.22. The van der Waals surface area contributed by atoms with E-state index in [0.717, 1.165) is 42.9 Å². The fourth-order valence-electron chi connectivity index (χ4n) is 3.52. The van der Waals surface area contributed by atoms with Crippen molar-refractivity contribution in [3.63, 3.8) is 0 Å². The van der Waals surface area contributed by atoms with Gasteiger partial charge in [0.15, 0.2) is 0 Å². The van der Waals surface area contributed by atoms with Crippen molar-refractivity contribution in [2.75, 3.05) is 13.2 Å². The fraction of sp³-hybridized carbons (Fsp3) is 0.474. The van der Waals surface area contributed by atoms with Gasteiger partial charge in [0.25, 0.3) is 5.91 Å². The van der Waals surface area contributed by atoms with Gasteiger partial charge >= 0.3 is 0 Å². The van der Waals surface area contributed by atoms with E-state index in [4.69, 9.17) is 0 Å². The number of aliphatic hydroxyl groups excluding tert-OH is 1. The van der Waals surface area contributed by atoms with Gasteiger partial charge < -0.3 is 10.0 Å². The van der Waals surface area contributed by atoms with E-state index in [1.807, 2.05) is 53.8 Å². The predicted molar refractivity (Wildman–Crippen MR) is 93.4 cm³/mol. The zero-order chi connectivity index (χ0) is 17.1. The van der Waals surface area contributed by atoms with Gasteiger partial charge in [-0.3, -0.25) is 4.79 Å². The van der Waals surface area contributed by atoms with Crippen LogP contribution < -0.4 is 0 Å². The lowest BCUT2D eigenvalue weighted by atomic mass is 9.98. The summed E-state index contributed by atoms with van der Waals surface area (Å²) < 4.78 is 1.89. The number of piperidine rings is 1. The molecule has 3 rings (SSSR count). The van der Waals surface area contributed by atoms with Crippen LogP contribution in [0.15, 0.2) is 30.3 Å². The molecule has 0 aliphatic carbocycles. The van der Waals surface area contributed by atoms with E-state index in [-0.39, 0.29) is 18.6 Å². The monoisotopic (exact) mass is 327 g/mol. The Morgan fingerprint density at radius 1 is 1.25 bits per heavy atom. The van der Waals surface area contributed by atoms with Crippen molar-refractivity contribution in [3.8, 4) is 5.69 Å². The minimum absolute atomic E-state index is 0.0630. The molecule has 1 aromatic carbocycles. The van der Waals surface area contributed by atoms with Crippen molar-refractivity contribution in [2.45, 2.75) is 45.6 Å². The minimum Gasteiger partial charge on any atom is -0.396 e. The van der Waals surface area contributed by atoms with Crippen LogP contribution in [-0.4, -0.2) is 44.9 Å². The van der Waals surface area contributed by atoms with Gasteiger partial charge in [0.05, 0.1) is 11.4 Å². The first-order valence-corrected chi connectivity index (χ1v) is 8.65. The Morgan fingerprint density at radius 3 is 2.62 bits per heavy atom. The molecule has 1 aromatic heterocycles. The molecule has 24 heavy (non-hydrogen) atoms. The summed E-state index contributed by atoms with van der Waals surface area (Å²) in [5.41, 5.74) is 3.71. The molecule has 0 radical (unpaired) electrons. The van der Waals surface area contributed by atoms with E-state index in [2.05, 4.69) is 5.10 Å². The summed E-state index contributed by atoms with van der Waals surface area (Å²) in [6.07, 6.45) is 3.81. The van der Waals surface area contributed by atoms with Crippen LogP contribution in [0.4, 0.5) is 0 Å². The average Bonchev–Trinajstić information content (AvgIpc) is 2.93. The normalized spacial score (nSPS) is 18.0. The number of amides is 1. The summed E-state index contributed by atoms with van der Waals surface area (Å²) in [4.78, 5) is 14.8. The summed E-state index contributed by atoms with van der Waals surface area (Å²) in [7, 11) is 0. The summed E-state index contributed by atoms with van der Waals surface area (Å²) >= 11 is 0. The maximum atomic E-state index is 12.8. The molecule has 0 saturated carbocycles. The molecular formula is C19H25N3O2. The van der Waals surface area contributed by atoms with Crippen molar-refractivity contribution in [3.05, 3.63) is 47.3 Å². The first-order valence-electron chi connectivity index (χ1n) is 8.65. The first kappa shape index (κ1) is 16.7. The van der Waals surface area contributed by atoms with E-state index < -0.39 is 0 Å². The van der Waals surface area contributed by atoms with E-state index in [1.54, 1.807) is 0 Å². The average molecular weight is 327 g/mol. The summed E-state index contributed by atoms with van der Waals surface area (Å²) in [6.45, 7) is 4.90. The Bertz CT molecular complexity index is 704. The lowest BCUT2D eigenvalue weighted by molar-refractivity contribution is 0.0574. The van der Waals surface area contributed by atoms with Crippen LogP contribution in [0, 0.1) is 13.8 Å². The number of nitrogens with zero attached hydrogens (tertiary/aromatic N) is 3. The van der Waals surface area contributed by atoms with Crippen LogP contribution in [0.5, 0.6) is 0 Å². The Balaban J connectivity index is 1.79. The third-order valence-corrected chi connectivity index (χ3v) is 4.72. The number of hydrogen-bond donors (Lipinski definition) is 1. The molecule has 1 unspecified atom stereocenters. The SMILES string of the molecule is Cc1cc(C)n(-c2ccc(C(=O)N3CCCCC3CCO)cc2)n1. The Hall–Kier alpha value is -2.14. The van der Waals surface area contributed by atoms with Gasteiger partial charge in [-0.2, -0.15) is 5.10 Å². The topological polar surface area (TPSA) is 58.4 Å². The van der Waals surface area contributed by atoms with Crippen molar-refractivity contribution in [1.29, 1.82) is 0 Å². The molecule has 1 amide bonds. The molecule has 5 nitrogen and oxygen atoms in total. The van der Waals surface area contributed by atoms with E-state index in [1.165, 1.54) is 0 Å². The van der Waals surface area contributed by atoms with Gasteiger partial charge in [0.2, 0.25) is 0 Å². The zero-order valence-electron chi connectivity index (χ0n) is 14.4. The van der Waals surface area contributed by atoms with E-state index >= 15 is 0 Å². The van der Waals surface area contributed by atoms with Gasteiger partial charge in [0.1, 0.15) is 0 Å². The smallest absolute Gasteiger partial charge is 0.254 e. The van der Waals surface area contributed by atoms with Crippen LogP contribution in [0.2, 0.25) is 0 Å². The van der Waals surface area contributed by atoms with E-state index in [9.17, 15) is 9.90 Å². The number of carbonyl (C=O) groups is 1. The maximum absolute atomic E-state index is 12.8. The second-order valence-electron chi connectivity index (χ2n) is 6.55. The van der Waals surface area contributed by atoms with Crippen LogP contribution in [0.25, 0.3) is 5.69 Å². The Morgan fingerprint density at radius 2 is 2.00 bits per heavy atom. The molecule has 0 spiro atoms. The predicted octanol–water partition coefficient (Wildman–Crippen LogP) is 2.87. The second kappa shape index (κ2) is 7.18. The number of aliphatic hydroxyl groups is 1. The molecule has 2 heterocycles. The lowest BCUT2D eigenvalue weighted by Gasteiger charge is -2.35. The number of aromatic nitrogens is 2. The largest absolute Gasteiger partial charge is 0.396 e. The van der Waals surface area contributed by atoms with Gasteiger partial charge in [-0.05, 0) is 69.9 Å². The van der Waals surface area contributed by atoms with Crippen LogP contribution in [0.3, 0.4) is 0 Å². The quantitative estimate of drug-likeness (QED) is 0.939. The second-order valence-corrected chi connectivity index (χ2v) is 6.55. The van der Waals surface area contributed by atoms with Crippen molar-refractivity contribution >= 4 is 5.91 Å². The molecule has 1 N–H and O–H groups in total. The fourth-order valence-corrected chi connectivity index (χ4v) is 3.52. The number of benzene rings is 1. The summed E-state index contributed by atoms with van der Waals surface area (Å²) in [5, 5.41) is 13.7. The van der Waals surface area contributed by atoms with Crippen LogP contribution in [-0.2, 0) is 0 Å². The third-order valence-electron chi connectivity index (χ3n) is 4.72. The first-order chi connectivity index (χ1) is 11.6. The summed E-state index contributed by atoms with van der Waals surface area (Å²) in [5.74, 6) is 0.0630. The molecule has 0 bridgehead atoms. The van der Waals surface area contributed by atoms with E-state index in [0.29, 0.717) is 12.0 Å². The van der Waals surface area contributed by atoms with Gasteiger partial charge in [-0.1, -0.05) is 0 Å². The number of aryl methyl sites for hydroxylation is 2. The van der Waals surface area contributed by atoms with Gasteiger partial charge in [-0.15, -0.1) is 0 Å². The minimum atomic E-state index is 0.0630. The molecule has 1 saturated heterocycles. The number of rotatable bonds is 4. The molecule has 2 aromatic rings. The Labute approximate surface area is 142 Å². The molecular weight excluding hydrogens is 302 g/mol. The molecule has 1 aliphatic rings. The van der Waals surface area contributed by atoms with Gasteiger partial charge in [0, 0.05) is 30.5 Å². The molecule has 1 fully saturated rings. The molecule has 1 aliphatic heterocycles. The number of carbonyl (C=O) groups excluding carboxylic acids is 1. The molecule has 5 heteroatoms. The highest BCUT2D eigenvalue weighted by atomic mass is 16.3. The standard InChI is InChI=1S/C19H25N3O2/c1-14-13-15(2)22(20-14)18-8-6-16(7-9-18)19(24)21-11-4-3-5-17(21)10-12-23/h6-9,13,17,23H,3-5,10-12H2,1-2H3. The van der Waals surface area contributed by atoms with Crippen LogP contribution in [0.1, 0.15) is 47.4 Å². The maximum Gasteiger partial charge on any atom is 0.254 e. The Kier molecular flexibility index (Phi) is 5.00. The van der Waals surface area contributed by atoms with Gasteiger partial charge in [-0.25, -0.2) is 4.68 Å². The highest BCUT2D eigenvalue weighted by Gasteiger charge is 2.26. The highest BCUT2D eigenvalue weighted by molar-refractivity contribution is 5.94. The zero-order valence-corrected chi connectivity index (χ0v) is 14.4. The van der Waals surface area contributed by atoms with Crippen molar-refractivity contribution in [1.82, 2.24) is 14.7 Å². The number of hydrogen-bond acceptors (Lipinski definition) is 3. The molecule has 128 valence electrons. The van der Waals surface area contributed by atoms with Crippen LogP contribution >= 0.6 is 0 Å².